The highest BCUT2D eigenvalue weighted by Gasteiger charge is 2.48. The Labute approximate surface area is 847 Å². The molecule has 0 saturated carbocycles. The zero-order valence-electron chi connectivity index (χ0n) is 82.2. The predicted octanol–water partition coefficient (Wildman–Crippen LogP) is 12.5. The monoisotopic (exact) mass is 2030 g/mol. The highest BCUT2D eigenvalue weighted by atomic mass is 19.1. The van der Waals surface area contributed by atoms with Crippen molar-refractivity contribution < 1.29 is 139 Å². The number of hydrogen-bond acceptors (Lipinski definition) is 26. The minimum Gasteiger partial charge on any atom is -0.491 e. The largest absolute Gasteiger partial charge is 0.491 e. The van der Waals surface area contributed by atoms with Crippen LogP contribution in [0.2, 0.25) is 0 Å². The number of halogens is 3. The first-order valence-corrected chi connectivity index (χ1v) is 48.9. The number of fused-ring (bicyclic) bond motifs is 2. The summed E-state index contributed by atoms with van der Waals surface area (Å²) in [4.78, 5) is 151. The number of carbonyl (C=O) groups excluding carboxylic acids is 10. The van der Waals surface area contributed by atoms with Crippen LogP contribution >= 0.6 is 0 Å². The van der Waals surface area contributed by atoms with Crippen molar-refractivity contribution in [2.75, 3.05) is 111 Å². The van der Waals surface area contributed by atoms with Crippen LogP contribution < -0.4 is 31.2 Å². The Hall–Kier alpha value is -14.1. The van der Waals surface area contributed by atoms with Gasteiger partial charge in [0.1, 0.15) is 54.2 Å². The van der Waals surface area contributed by atoms with E-state index in [1.165, 1.54) is 42.5 Å². The van der Waals surface area contributed by atoms with Crippen LogP contribution in [-0.2, 0) is 83.1 Å². The normalized spacial score (nSPS) is 15.3. The summed E-state index contributed by atoms with van der Waals surface area (Å²) in [5.74, 6) is -8.19. The van der Waals surface area contributed by atoms with E-state index in [9.17, 15) is 91.1 Å². The smallest absolute Gasteiger partial charge is 0.305 e. The molecule has 8 amide bonds. The van der Waals surface area contributed by atoms with Crippen LogP contribution in [0, 0.1) is 17.5 Å². The maximum atomic E-state index is 14.7. The molecular formula is C110H123F3N8O26. The highest BCUT2D eigenvalue weighted by molar-refractivity contribution is 6.26. The van der Waals surface area contributed by atoms with Crippen LogP contribution in [0.1, 0.15) is 188 Å². The van der Waals surface area contributed by atoms with Crippen molar-refractivity contribution >= 4 is 76.4 Å². The van der Waals surface area contributed by atoms with Gasteiger partial charge in [0.2, 0.25) is 23.6 Å². The molecule has 4 aliphatic heterocycles. The number of aromatic nitrogens is 2. The maximum absolute atomic E-state index is 14.7. The highest BCUT2D eigenvalue weighted by Crippen LogP contribution is 2.46. The van der Waals surface area contributed by atoms with Crippen LogP contribution in [0.4, 0.5) is 18.9 Å². The van der Waals surface area contributed by atoms with Crippen LogP contribution in [0.3, 0.4) is 0 Å². The number of imide groups is 4. The molecule has 0 bridgehead atoms. The standard InChI is InChI=1S/C55H61FN4O13.C42H53FN2O9.C13H9FN2O4/c1-34(2)51-50(48(36-7-4-3-5-8-36)52(37-13-15-38(56)16-14-37)59(51)23-21-39(61)32-40(62)33-47(65)66)45(63)31-35-11-17-41(18-12-35)73-30-29-72-28-27-71-26-25-70-24-22-57-43-10-6-9-42-49(43)55(69)60(54(42)68)44-19-20-46(64)58-53(44)67;1-29(2)41-40(37(48)26-30-8-14-36(15-9-30)54-25-24-53-23-22-52-21-20-51-19-17-44)39(31-6-4-3-5-7-31)42(32-10-12-33(43)13-11-32)45(41)18-16-34(46)27-35(47)28-38(49)50;14-7-3-1-2-6-10(7)13(20)16(12(6)19)8-4-5-9(17)15-11(8)18/h3-18,34,39-40,44,57,61-62H,19-33H2,1-2H3,(H,65,66)(H,58,64,67);3-15,29,34-35,46-47H,16-28,44H2,1-2H3,(H,49,50);1-3,8H,4-5H2,(H,15,17,18)/t39-,40-,44?;34-,35-;/m11./s1. The number of piperidine rings is 2. The average molecular weight is 2030 g/mol. The maximum Gasteiger partial charge on any atom is 0.305 e. The first kappa shape index (κ1) is 112. The lowest BCUT2D eigenvalue weighted by Gasteiger charge is -2.27. The molecule has 0 aliphatic carbocycles. The van der Waals surface area contributed by atoms with Gasteiger partial charge in [-0.15, -0.1) is 0 Å². The van der Waals surface area contributed by atoms with E-state index in [1.807, 2.05) is 134 Å². The molecule has 2 fully saturated rings. The number of Topliss-reactive ketones (excluding diaryl/α,β-unsaturated/α-hetero) is 2. The number of benzene rings is 8. The van der Waals surface area contributed by atoms with Crippen molar-refractivity contribution in [3.63, 3.8) is 0 Å². The lowest BCUT2D eigenvalue weighted by atomic mass is 9.90. The third kappa shape index (κ3) is 30.3. The number of carboxylic acids is 2. The SMILES string of the molecule is CC(C)c1c(C(=O)Cc2ccc(OCCOCCOCCOCCN)cc2)c(-c2ccccc2)c(-c2ccc(F)cc2)n1CC[C@@H](O)C[C@@H](O)CC(=O)O.CC(C)c1c(C(=O)Cc2ccc(OCCOCCOCCOCCNc3cccc4c3C(=O)N(C3CCC(=O)NC3=O)C4=O)cc2)c(-c2ccccc2)c(-c2ccc(F)cc2)n1CC[C@@H](O)C[C@@H](O)CC(=O)O.O=C1CCC(N2C(=O)c3cccc(F)c3C2=O)C(=O)N1. The van der Waals surface area contributed by atoms with Gasteiger partial charge in [-0.1, -0.05) is 125 Å². The second-order valence-corrected chi connectivity index (χ2v) is 36.0. The van der Waals surface area contributed by atoms with Crippen LogP contribution in [0.25, 0.3) is 44.8 Å². The van der Waals surface area contributed by atoms with E-state index < -0.39 is 126 Å². The summed E-state index contributed by atoms with van der Waals surface area (Å²) in [6.45, 7) is 14.6. The molecule has 147 heavy (non-hydrogen) atoms. The summed E-state index contributed by atoms with van der Waals surface area (Å²) in [6.07, 6.45) is -4.93. The van der Waals surface area contributed by atoms with Gasteiger partial charge in [-0.05, 0) is 181 Å². The molecule has 34 nitrogen and oxygen atoms in total. The van der Waals surface area contributed by atoms with E-state index >= 15 is 0 Å². The van der Waals surface area contributed by atoms with E-state index in [4.69, 9.17) is 53.8 Å². The van der Waals surface area contributed by atoms with Crippen LogP contribution in [0.5, 0.6) is 11.5 Å². The fourth-order valence-corrected chi connectivity index (χ4v) is 18.0. The van der Waals surface area contributed by atoms with Crippen molar-refractivity contribution in [2.45, 2.75) is 166 Å². The first-order chi connectivity index (χ1) is 70.8. The van der Waals surface area contributed by atoms with Crippen molar-refractivity contribution in [3.8, 4) is 56.3 Å². The molecule has 6 heterocycles. The van der Waals surface area contributed by atoms with Crippen LogP contribution in [0.15, 0.2) is 194 Å². The molecule has 2 saturated heterocycles. The predicted molar refractivity (Wildman–Crippen MR) is 534 cm³/mol. The zero-order valence-corrected chi connectivity index (χ0v) is 82.2. The number of ketones is 2. The first-order valence-electron chi connectivity index (χ1n) is 48.9. The van der Waals surface area contributed by atoms with E-state index in [0.717, 1.165) is 49.5 Å². The summed E-state index contributed by atoms with van der Waals surface area (Å²) < 4.78 is 91.1. The van der Waals surface area contributed by atoms with Gasteiger partial charge >= 0.3 is 11.9 Å². The molecule has 0 radical (unpaired) electrons. The number of rotatable bonds is 54. The Bertz CT molecular complexity index is 6220. The number of hydrogen-bond donors (Lipinski definition) is 10. The number of ether oxygens (including phenoxy) is 8. The summed E-state index contributed by atoms with van der Waals surface area (Å²) in [5, 5.41) is 67.8. The second-order valence-electron chi connectivity index (χ2n) is 36.0. The second kappa shape index (κ2) is 54.9. The van der Waals surface area contributed by atoms with E-state index in [2.05, 4.69) is 16.0 Å². The fraction of sp³-hybridized carbons (Fsp3) is 0.382. The average Bonchev–Trinajstić information content (AvgIpc) is 1.63. The number of aliphatic carboxylic acids is 2. The molecule has 14 rings (SSSR count). The molecule has 6 atom stereocenters. The van der Waals surface area contributed by atoms with E-state index in [0.29, 0.717) is 161 Å². The van der Waals surface area contributed by atoms with Gasteiger partial charge in [0, 0.05) is 91.2 Å². The quantitative estimate of drug-likeness (QED) is 0.00961. The molecule has 4 aliphatic rings. The minimum atomic E-state index is -1.23. The molecule has 780 valence electrons. The molecule has 8 aromatic carbocycles. The van der Waals surface area contributed by atoms with Gasteiger partial charge in [0.05, 0.1) is 150 Å². The fourth-order valence-electron chi connectivity index (χ4n) is 18.0. The summed E-state index contributed by atoms with van der Waals surface area (Å²) in [6, 6.07) is 52.4. The van der Waals surface area contributed by atoms with E-state index in [1.54, 1.807) is 48.5 Å². The molecule has 10 aromatic rings. The van der Waals surface area contributed by atoms with E-state index in [-0.39, 0.29) is 130 Å². The van der Waals surface area contributed by atoms with Gasteiger partial charge in [-0.3, -0.25) is 78.0 Å². The van der Waals surface area contributed by atoms with Gasteiger partial charge in [-0.2, -0.15) is 0 Å². The summed E-state index contributed by atoms with van der Waals surface area (Å²) in [7, 11) is 0. The Balaban J connectivity index is 0.000000225. The number of anilines is 1. The Morgan fingerprint density at radius 2 is 0.776 bits per heavy atom. The topological polar surface area (TPSA) is 479 Å². The van der Waals surface area contributed by atoms with Crippen molar-refractivity contribution in [1.29, 1.82) is 0 Å². The number of nitrogens with one attached hydrogen (secondary N) is 3. The van der Waals surface area contributed by atoms with Crippen molar-refractivity contribution in [3.05, 3.63) is 267 Å². The Morgan fingerprint density at radius 1 is 0.408 bits per heavy atom. The van der Waals surface area contributed by atoms with Crippen molar-refractivity contribution in [1.82, 2.24) is 29.6 Å². The lowest BCUT2D eigenvalue weighted by Crippen LogP contribution is -2.54. The third-order valence-electron chi connectivity index (χ3n) is 24.7. The molecule has 2 aromatic heterocycles. The van der Waals surface area contributed by atoms with Gasteiger partial charge in [0.25, 0.3) is 23.6 Å². The molecule has 11 N–H and O–H groups in total. The molecular weight excluding hydrogens is 1910 g/mol. The lowest BCUT2D eigenvalue weighted by molar-refractivity contribution is -0.140. The third-order valence-corrected chi connectivity index (χ3v) is 24.7. The van der Waals surface area contributed by atoms with Gasteiger partial charge in [0.15, 0.2) is 11.6 Å². The van der Waals surface area contributed by atoms with Gasteiger partial charge in [-0.25, -0.2) is 13.2 Å². The molecule has 37 heteroatoms. The molecule has 0 spiro atoms. The molecule has 2 unspecified atom stereocenters. The number of aliphatic hydroxyl groups is 4. The number of nitrogens with zero attached hydrogens (tertiary/aromatic N) is 4. The number of carbonyl (C=O) groups is 12. The van der Waals surface area contributed by atoms with Crippen LogP contribution in [-0.4, -0.2) is 262 Å². The number of aliphatic hydroxyl groups excluding tert-OH is 4. The Kier molecular flexibility index (Phi) is 41.7. The zero-order chi connectivity index (χ0) is 105. The number of carboxylic acid groups (broad SMARTS) is 2. The number of nitrogens with two attached hydrogens (primary N) is 1. The number of amides is 8. The Morgan fingerprint density at radius 3 is 1.15 bits per heavy atom. The van der Waals surface area contributed by atoms with Gasteiger partial charge < -0.3 is 88.7 Å². The minimum absolute atomic E-state index is 0.0340. The summed E-state index contributed by atoms with van der Waals surface area (Å²) in [5.41, 5.74) is 15.7. The van der Waals surface area contributed by atoms with Crippen molar-refractivity contribution in [2.24, 2.45) is 5.73 Å². The summed E-state index contributed by atoms with van der Waals surface area (Å²) >= 11 is 0.